The molecule has 2 amide bonds. The van der Waals surface area contributed by atoms with Crippen molar-refractivity contribution in [2.75, 3.05) is 26.7 Å². The smallest absolute Gasteiger partial charge is 0.406 e. The van der Waals surface area contributed by atoms with Gasteiger partial charge < -0.3 is 14.9 Å². The van der Waals surface area contributed by atoms with E-state index in [1.54, 1.807) is 0 Å². The molecule has 1 fully saturated rings. The number of carboxylic acid groups (broad SMARTS) is 1. The lowest BCUT2D eigenvalue weighted by Gasteiger charge is -2.34. The van der Waals surface area contributed by atoms with E-state index >= 15 is 0 Å². The van der Waals surface area contributed by atoms with Crippen molar-refractivity contribution in [1.82, 2.24) is 24.8 Å². The molecule has 1 N–H and O–H groups in total. The summed E-state index contributed by atoms with van der Waals surface area (Å²) in [6, 6.07) is -0.807. The van der Waals surface area contributed by atoms with Crippen LogP contribution in [0.3, 0.4) is 0 Å². The quantitative estimate of drug-likeness (QED) is 0.897. The van der Waals surface area contributed by atoms with E-state index in [2.05, 4.69) is 10.3 Å². The second kappa shape index (κ2) is 6.42. The first-order valence-electron chi connectivity index (χ1n) is 6.89. The average Bonchev–Trinajstić information content (AvgIpc) is 2.95. The molecule has 0 spiro atoms. The molecule has 2 rings (SSSR count). The van der Waals surface area contributed by atoms with Crippen LogP contribution in [0.1, 0.15) is 29.4 Å². The normalized spacial score (nSPS) is 16.4. The molecule has 1 aromatic rings. The van der Waals surface area contributed by atoms with Crippen molar-refractivity contribution < 1.29 is 27.9 Å². The monoisotopic (exact) mass is 335 g/mol. The van der Waals surface area contributed by atoms with Crippen LogP contribution in [-0.4, -0.2) is 74.8 Å². The molecule has 0 saturated carbocycles. The maximum atomic E-state index is 12.3. The molecule has 0 atom stereocenters. The van der Waals surface area contributed by atoms with Crippen LogP contribution in [0.25, 0.3) is 0 Å². The van der Waals surface area contributed by atoms with Gasteiger partial charge in [-0.25, -0.2) is 14.3 Å². The van der Waals surface area contributed by atoms with E-state index in [0.717, 1.165) is 7.05 Å². The van der Waals surface area contributed by atoms with Crippen molar-refractivity contribution in [2.45, 2.75) is 25.1 Å². The fourth-order valence-corrected chi connectivity index (χ4v) is 2.45. The number of urea groups is 1. The van der Waals surface area contributed by atoms with Gasteiger partial charge in [0.2, 0.25) is 0 Å². The number of hydrogen-bond acceptors (Lipinski definition) is 4. The summed E-state index contributed by atoms with van der Waals surface area (Å²) in [7, 11) is 1.11. The number of carbonyl (C=O) groups is 2. The van der Waals surface area contributed by atoms with Crippen LogP contribution in [0, 0.1) is 0 Å². The van der Waals surface area contributed by atoms with Gasteiger partial charge in [0.1, 0.15) is 6.54 Å². The number of hydrogen-bond donors (Lipinski definition) is 1. The number of halogens is 3. The number of likely N-dealkylation sites (tertiary alicyclic amines) is 1. The zero-order valence-corrected chi connectivity index (χ0v) is 12.3. The Bertz CT molecular complexity index is 581. The lowest BCUT2D eigenvalue weighted by atomic mass is 10.1. The summed E-state index contributed by atoms with van der Waals surface area (Å²) in [6.07, 6.45) is -2.20. The third-order valence-electron chi connectivity index (χ3n) is 3.58. The van der Waals surface area contributed by atoms with E-state index in [1.807, 2.05) is 0 Å². The van der Waals surface area contributed by atoms with Crippen LogP contribution < -0.4 is 0 Å². The zero-order chi connectivity index (χ0) is 17.2. The highest BCUT2D eigenvalue weighted by atomic mass is 19.4. The lowest BCUT2D eigenvalue weighted by Crippen LogP contribution is -2.48. The van der Waals surface area contributed by atoms with Crippen LogP contribution in [0.5, 0.6) is 0 Å². The molecule has 23 heavy (non-hydrogen) atoms. The Labute approximate surface area is 129 Å². The SMILES string of the molecule is CN(CC(F)(F)F)C(=O)N1CCC(n2cc(C(=O)O)nn2)CC1. The number of piperidine rings is 1. The van der Waals surface area contributed by atoms with Crippen LogP contribution in [-0.2, 0) is 0 Å². The van der Waals surface area contributed by atoms with Gasteiger partial charge in [-0.3, -0.25) is 0 Å². The van der Waals surface area contributed by atoms with Gasteiger partial charge >= 0.3 is 18.2 Å². The highest BCUT2D eigenvalue weighted by Crippen LogP contribution is 2.23. The van der Waals surface area contributed by atoms with Crippen LogP contribution in [0.15, 0.2) is 6.20 Å². The number of rotatable bonds is 3. The van der Waals surface area contributed by atoms with Gasteiger partial charge in [-0.15, -0.1) is 5.10 Å². The first-order chi connectivity index (χ1) is 10.7. The summed E-state index contributed by atoms with van der Waals surface area (Å²) in [4.78, 5) is 24.7. The topological polar surface area (TPSA) is 91.6 Å². The minimum Gasteiger partial charge on any atom is -0.476 e. The number of aromatic carboxylic acids is 1. The Balaban J connectivity index is 1.90. The fourth-order valence-electron chi connectivity index (χ4n) is 2.45. The maximum absolute atomic E-state index is 12.3. The predicted octanol–water partition coefficient (Wildman–Crippen LogP) is 1.23. The molecule has 1 aromatic heterocycles. The molecule has 0 aromatic carbocycles. The molecule has 128 valence electrons. The minimum atomic E-state index is -4.43. The van der Waals surface area contributed by atoms with Crippen LogP contribution in [0.2, 0.25) is 0 Å². The summed E-state index contributed by atoms with van der Waals surface area (Å²) in [5, 5.41) is 16.1. The van der Waals surface area contributed by atoms with Crippen molar-refractivity contribution in [2.24, 2.45) is 0 Å². The average molecular weight is 335 g/mol. The van der Waals surface area contributed by atoms with Crippen molar-refractivity contribution in [3.05, 3.63) is 11.9 Å². The number of carbonyl (C=O) groups excluding carboxylic acids is 1. The molecule has 0 bridgehead atoms. The first-order valence-corrected chi connectivity index (χ1v) is 6.89. The van der Waals surface area contributed by atoms with E-state index in [9.17, 15) is 22.8 Å². The zero-order valence-electron chi connectivity index (χ0n) is 12.3. The van der Waals surface area contributed by atoms with Crippen molar-refractivity contribution in [1.29, 1.82) is 0 Å². The van der Waals surface area contributed by atoms with E-state index in [4.69, 9.17) is 5.11 Å². The summed E-state index contributed by atoms with van der Waals surface area (Å²) in [5.41, 5.74) is -0.173. The Morgan fingerprint density at radius 1 is 1.39 bits per heavy atom. The molecule has 1 saturated heterocycles. The number of amides is 2. The number of carboxylic acids is 1. The largest absolute Gasteiger partial charge is 0.476 e. The van der Waals surface area contributed by atoms with Gasteiger partial charge in [-0.05, 0) is 12.8 Å². The van der Waals surface area contributed by atoms with Gasteiger partial charge in [0.15, 0.2) is 5.69 Å². The number of aromatic nitrogens is 3. The van der Waals surface area contributed by atoms with Crippen LogP contribution >= 0.6 is 0 Å². The minimum absolute atomic E-state index is 0.132. The molecule has 0 radical (unpaired) electrons. The summed E-state index contributed by atoms with van der Waals surface area (Å²) in [5.74, 6) is -1.18. The second-order valence-corrected chi connectivity index (χ2v) is 5.36. The molecule has 8 nitrogen and oxygen atoms in total. The van der Waals surface area contributed by atoms with E-state index in [1.165, 1.54) is 15.8 Å². The van der Waals surface area contributed by atoms with Crippen molar-refractivity contribution >= 4 is 12.0 Å². The second-order valence-electron chi connectivity index (χ2n) is 5.36. The van der Waals surface area contributed by atoms with E-state index in [-0.39, 0.29) is 24.8 Å². The molecule has 11 heteroatoms. The predicted molar refractivity (Wildman–Crippen MR) is 70.9 cm³/mol. The molecular weight excluding hydrogens is 319 g/mol. The summed E-state index contributed by atoms with van der Waals surface area (Å²) < 4.78 is 38.3. The molecule has 1 aliphatic rings. The Hall–Kier alpha value is -2.33. The third kappa shape index (κ3) is 4.33. The van der Waals surface area contributed by atoms with Crippen LogP contribution in [0.4, 0.5) is 18.0 Å². The lowest BCUT2D eigenvalue weighted by molar-refractivity contribution is -0.138. The highest BCUT2D eigenvalue weighted by molar-refractivity contribution is 5.84. The van der Waals surface area contributed by atoms with Crippen molar-refractivity contribution in [3.63, 3.8) is 0 Å². The summed E-state index contributed by atoms with van der Waals surface area (Å²) >= 11 is 0. The van der Waals surface area contributed by atoms with E-state index < -0.39 is 24.7 Å². The Kier molecular flexibility index (Phi) is 4.76. The highest BCUT2D eigenvalue weighted by Gasteiger charge is 2.34. The molecule has 1 aliphatic heterocycles. The fraction of sp³-hybridized carbons (Fsp3) is 0.667. The first kappa shape index (κ1) is 17.0. The van der Waals surface area contributed by atoms with Gasteiger partial charge in [0.25, 0.3) is 0 Å². The third-order valence-corrected chi connectivity index (χ3v) is 3.58. The standard InChI is InChI=1S/C12H16F3N5O3/c1-18(7-12(13,14)15)11(23)19-4-2-8(3-5-19)20-6-9(10(21)22)16-17-20/h6,8H,2-5,7H2,1H3,(H,21,22). The molecule has 2 heterocycles. The Morgan fingerprint density at radius 2 is 2.00 bits per heavy atom. The molecular formula is C12H16F3N5O3. The van der Waals surface area contributed by atoms with Gasteiger partial charge in [-0.2, -0.15) is 13.2 Å². The van der Waals surface area contributed by atoms with Crippen molar-refractivity contribution in [3.8, 4) is 0 Å². The van der Waals surface area contributed by atoms with E-state index in [0.29, 0.717) is 17.7 Å². The molecule has 0 aliphatic carbocycles. The van der Waals surface area contributed by atoms with Gasteiger partial charge in [0.05, 0.1) is 12.2 Å². The van der Waals surface area contributed by atoms with Gasteiger partial charge in [-0.1, -0.05) is 5.21 Å². The molecule has 0 unspecified atom stereocenters. The maximum Gasteiger partial charge on any atom is 0.406 e. The van der Waals surface area contributed by atoms with Gasteiger partial charge in [0, 0.05) is 20.1 Å². The number of nitrogens with zero attached hydrogens (tertiary/aromatic N) is 5. The Morgan fingerprint density at radius 3 is 2.48 bits per heavy atom. The summed E-state index contributed by atoms with van der Waals surface area (Å²) in [6.45, 7) is -0.751. The number of alkyl halides is 3.